The molecule has 1 aromatic rings. The first kappa shape index (κ1) is 15.0. The average molecular weight is 250 g/mol. The number of benzene rings is 1. The number of ether oxygens (including phenoxy) is 1. The van der Waals surface area contributed by atoms with E-state index in [1.54, 1.807) is 7.11 Å². The molecule has 3 heteroatoms. The number of nitrogens with zero attached hydrogens (tertiary/aromatic N) is 1. The second-order valence-electron chi connectivity index (χ2n) is 5.29. The number of nitrogens with one attached hydrogen (secondary N) is 1. The first-order chi connectivity index (χ1) is 8.45. The maximum absolute atomic E-state index is 5.21. The van der Waals surface area contributed by atoms with Crippen LogP contribution >= 0.6 is 0 Å². The molecule has 0 saturated heterocycles. The van der Waals surface area contributed by atoms with E-state index in [1.165, 1.54) is 5.56 Å². The van der Waals surface area contributed by atoms with Gasteiger partial charge in [-0.3, -0.25) is 0 Å². The van der Waals surface area contributed by atoms with Crippen LogP contribution in [0.15, 0.2) is 24.3 Å². The Labute approximate surface area is 111 Å². The summed E-state index contributed by atoms with van der Waals surface area (Å²) in [6.45, 7) is 6.59. The van der Waals surface area contributed by atoms with Crippen LogP contribution < -0.4 is 10.1 Å². The summed E-state index contributed by atoms with van der Waals surface area (Å²) in [6, 6.07) is 9.57. The van der Waals surface area contributed by atoms with Crippen molar-refractivity contribution in [2.24, 2.45) is 0 Å². The highest BCUT2D eigenvalue weighted by Crippen LogP contribution is 2.24. The zero-order chi connectivity index (χ0) is 13.7. The highest BCUT2D eigenvalue weighted by molar-refractivity contribution is 5.29. The Morgan fingerprint density at radius 3 is 2.00 bits per heavy atom. The largest absolute Gasteiger partial charge is 0.497 e. The van der Waals surface area contributed by atoms with Crippen molar-refractivity contribution in [1.29, 1.82) is 0 Å². The van der Waals surface area contributed by atoms with Crippen molar-refractivity contribution in [3.63, 3.8) is 0 Å². The van der Waals surface area contributed by atoms with Crippen molar-refractivity contribution in [3.05, 3.63) is 29.8 Å². The van der Waals surface area contributed by atoms with Gasteiger partial charge in [-0.2, -0.15) is 0 Å². The third kappa shape index (κ3) is 4.00. The van der Waals surface area contributed by atoms with E-state index < -0.39 is 0 Å². The molecule has 2 atom stereocenters. The van der Waals surface area contributed by atoms with E-state index in [2.05, 4.69) is 57.2 Å². The Kier molecular flexibility index (Phi) is 5.63. The van der Waals surface area contributed by atoms with Gasteiger partial charge in [0.05, 0.1) is 7.11 Å². The summed E-state index contributed by atoms with van der Waals surface area (Å²) in [7, 11) is 5.93. The van der Waals surface area contributed by atoms with Gasteiger partial charge in [0, 0.05) is 18.1 Å². The van der Waals surface area contributed by atoms with Crippen molar-refractivity contribution >= 4 is 0 Å². The van der Waals surface area contributed by atoms with Gasteiger partial charge in [0.1, 0.15) is 5.75 Å². The van der Waals surface area contributed by atoms with E-state index >= 15 is 0 Å². The number of likely N-dealkylation sites (N-methyl/N-ethyl adjacent to an activating group) is 1. The Bertz CT molecular complexity index is 346. The van der Waals surface area contributed by atoms with Gasteiger partial charge >= 0.3 is 0 Å². The monoisotopic (exact) mass is 250 g/mol. The van der Waals surface area contributed by atoms with E-state index in [0.29, 0.717) is 18.1 Å². The van der Waals surface area contributed by atoms with Crippen molar-refractivity contribution in [2.45, 2.75) is 38.9 Å². The number of hydrogen-bond donors (Lipinski definition) is 1. The summed E-state index contributed by atoms with van der Waals surface area (Å²) in [6.07, 6.45) is 0. The van der Waals surface area contributed by atoms with Gasteiger partial charge in [0.2, 0.25) is 0 Å². The van der Waals surface area contributed by atoms with Gasteiger partial charge in [-0.15, -0.1) is 0 Å². The smallest absolute Gasteiger partial charge is 0.118 e. The zero-order valence-electron chi connectivity index (χ0n) is 12.4. The van der Waals surface area contributed by atoms with E-state index in [-0.39, 0.29) is 0 Å². The van der Waals surface area contributed by atoms with Crippen LogP contribution in [0.5, 0.6) is 5.75 Å². The summed E-state index contributed by atoms with van der Waals surface area (Å²) in [5.74, 6) is 0.903. The lowest BCUT2D eigenvalue weighted by atomic mass is 9.98. The summed E-state index contributed by atoms with van der Waals surface area (Å²) in [5, 5.41) is 3.58. The molecule has 102 valence electrons. The molecule has 0 aliphatic carbocycles. The number of methoxy groups -OCH3 is 1. The Morgan fingerprint density at radius 1 is 1.06 bits per heavy atom. The molecular weight excluding hydrogens is 224 g/mol. The number of rotatable bonds is 6. The van der Waals surface area contributed by atoms with Crippen LogP contribution in [0.25, 0.3) is 0 Å². The van der Waals surface area contributed by atoms with Crippen LogP contribution in [0.3, 0.4) is 0 Å². The van der Waals surface area contributed by atoms with E-state index in [1.807, 2.05) is 12.1 Å². The zero-order valence-corrected chi connectivity index (χ0v) is 12.4. The first-order valence-corrected chi connectivity index (χ1v) is 6.52. The van der Waals surface area contributed by atoms with Crippen molar-refractivity contribution < 1.29 is 4.74 Å². The van der Waals surface area contributed by atoms with Gasteiger partial charge in [-0.05, 0) is 38.7 Å². The fraction of sp³-hybridized carbons (Fsp3) is 0.600. The minimum Gasteiger partial charge on any atom is -0.497 e. The van der Waals surface area contributed by atoms with Crippen LogP contribution in [-0.4, -0.2) is 38.2 Å². The predicted octanol–water partition coefficient (Wildman–Crippen LogP) is 2.68. The molecule has 0 bridgehead atoms. The minimum absolute atomic E-state index is 0.360. The lowest BCUT2D eigenvalue weighted by Gasteiger charge is -2.32. The predicted molar refractivity (Wildman–Crippen MR) is 77.2 cm³/mol. The molecule has 0 aliphatic heterocycles. The lowest BCUT2D eigenvalue weighted by molar-refractivity contribution is 0.233. The van der Waals surface area contributed by atoms with Crippen molar-refractivity contribution in [3.8, 4) is 5.75 Å². The van der Waals surface area contributed by atoms with E-state index in [9.17, 15) is 0 Å². The molecule has 0 radical (unpaired) electrons. The molecule has 0 aromatic heterocycles. The minimum atomic E-state index is 0.360. The molecule has 1 aromatic carbocycles. The maximum Gasteiger partial charge on any atom is 0.118 e. The summed E-state index contributed by atoms with van der Waals surface area (Å²) in [4.78, 5) is 2.25. The second kappa shape index (κ2) is 6.76. The van der Waals surface area contributed by atoms with Crippen molar-refractivity contribution in [2.75, 3.05) is 21.2 Å². The van der Waals surface area contributed by atoms with Gasteiger partial charge in [0.25, 0.3) is 0 Å². The molecule has 1 rings (SSSR count). The van der Waals surface area contributed by atoms with Gasteiger partial charge in [-0.1, -0.05) is 26.0 Å². The summed E-state index contributed by atoms with van der Waals surface area (Å²) in [5.41, 5.74) is 1.31. The SMILES string of the molecule is COc1ccc([C@@H]([C@H](C)NC(C)C)N(C)C)cc1. The highest BCUT2D eigenvalue weighted by Gasteiger charge is 2.21. The van der Waals surface area contributed by atoms with Crippen LogP contribution in [-0.2, 0) is 0 Å². The van der Waals surface area contributed by atoms with Gasteiger partial charge in [0.15, 0.2) is 0 Å². The molecule has 1 N–H and O–H groups in total. The van der Waals surface area contributed by atoms with Gasteiger partial charge in [-0.25, -0.2) is 0 Å². The molecular formula is C15H26N2O. The third-order valence-electron chi connectivity index (χ3n) is 3.08. The average Bonchev–Trinajstić information content (AvgIpc) is 2.28. The lowest BCUT2D eigenvalue weighted by Crippen LogP contribution is -2.42. The van der Waals surface area contributed by atoms with Gasteiger partial charge < -0.3 is 15.0 Å². The molecule has 0 spiro atoms. The maximum atomic E-state index is 5.21. The fourth-order valence-corrected chi connectivity index (χ4v) is 2.45. The first-order valence-electron chi connectivity index (χ1n) is 6.52. The van der Waals surface area contributed by atoms with E-state index in [4.69, 9.17) is 4.74 Å². The van der Waals surface area contributed by atoms with E-state index in [0.717, 1.165) is 5.75 Å². The van der Waals surface area contributed by atoms with Crippen LogP contribution in [0, 0.1) is 0 Å². The summed E-state index contributed by atoms with van der Waals surface area (Å²) < 4.78 is 5.21. The van der Waals surface area contributed by atoms with Crippen LogP contribution in [0.2, 0.25) is 0 Å². The van der Waals surface area contributed by atoms with Crippen LogP contribution in [0.1, 0.15) is 32.4 Å². The normalized spacial score (nSPS) is 14.9. The molecule has 3 nitrogen and oxygen atoms in total. The fourth-order valence-electron chi connectivity index (χ4n) is 2.45. The topological polar surface area (TPSA) is 24.5 Å². The number of hydrogen-bond acceptors (Lipinski definition) is 3. The molecule has 0 amide bonds. The Balaban J connectivity index is 2.89. The molecule has 18 heavy (non-hydrogen) atoms. The van der Waals surface area contributed by atoms with Crippen molar-refractivity contribution in [1.82, 2.24) is 10.2 Å². The molecule has 0 unspecified atom stereocenters. The second-order valence-corrected chi connectivity index (χ2v) is 5.29. The Morgan fingerprint density at radius 2 is 1.61 bits per heavy atom. The quantitative estimate of drug-likeness (QED) is 0.840. The highest BCUT2D eigenvalue weighted by atomic mass is 16.5. The molecule has 0 saturated carbocycles. The summed E-state index contributed by atoms with van der Waals surface area (Å²) >= 11 is 0. The Hall–Kier alpha value is -1.06. The molecule has 0 fully saturated rings. The molecule has 0 aliphatic rings. The standard InChI is InChI=1S/C15H26N2O/c1-11(2)16-12(3)15(17(4)5)13-7-9-14(18-6)10-8-13/h7-12,15-16H,1-6H3/t12-,15+/m0/s1. The van der Waals surface area contributed by atoms with Crippen LogP contribution in [0.4, 0.5) is 0 Å². The molecule has 0 heterocycles. The third-order valence-corrected chi connectivity index (χ3v) is 3.08.